The number of hydrogen-bond acceptors (Lipinski definition) is 2. The van der Waals surface area contributed by atoms with Gasteiger partial charge in [-0.2, -0.15) is 0 Å². The van der Waals surface area contributed by atoms with Crippen molar-refractivity contribution < 1.29 is 0 Å². The molecule has 66 valence electrons. The van der Waals surface area contributed by atoms with Gasteiger partial charge in [-0.05, 0) is 47.1 Å². The molecule has 0 saturated heterocycles. The molecular weight excluding hydrogens is 228 g/mol. The van der Waals surface area contributed by atoms with Crippen LogP contribution in [0.1, 0.15) is 5.69 Å². The minimum Gasteiger partial charge on any atom is -0.398 e. The summed E-state index contributed by atoms with van der Waals surface area (Å²) < 4.78 is 0.928. The van der Waals surface area contributed by atoms with Crippen molar-refractivity contribution in [2.75, 3.05) is 5.73 Å². The highest BCUT2D eigenvalue weighted by atomic mass is 79.9. The first-order valence-electron chi connectivity index (χ1n) is 4.00. The Bertz CT molecular complexity index is 466. The molecule has 2 aromatic rings. The highest BCUT2D eigenvalue weighted by molar-refractivity contribution is 9.10. The van der Waals surface area contributed by atoms with E-state index in [2.05, 4.69) is 20.9 Å². The molecule has 2 nitrogen and oxygen atoms in total. The number of benzene rings is 1. The zero-order valence-corrected chi connectivity index (χ0v) is 8.80. The van der Waals surface area contributed by atoms with Crippen LogP contribution >= 0.6 is 15.9 Å². The highest BCUT2D eigenvalue weighted by Gasteiger charge is 2.02. The van der Waals surface area contributed by atoms with E-state index >= 15 is 0 Å². The van der Waals surface area contributed by atoms with Crippen LogP contribution in [-0.4, -0.2) is 4.98 Å². The van der Waals surface area contributed by atoms with E-state index in [0.29, 0.717) is 0 Å². The fourth-order valence-electron chi connectivity index (χ4n) is 1.29. The van der Waals surface area contributed by atoms with Gasteiger partial charge in [0.25, 0.3) is 0 Å². The highest BCUT2D eigenvalue weighted by Crippen LogP contribution is 2.28. The molecule has 2 rings (SSSR count). The first-order chi connectivity index (χ1) is 6.18. The van der Waals surface area contributed by atoms with Crippen LogP contribution in [0.25, 0.3) is 10.9 Å². The predicted molar refractivity (Wildman–Crippen MR) is 58.6 cm³/mol. The Balaban J connectivity index is 2.87. The maximum Gasteiger partial charge on any atom is 0.0718 e. The van der Waals surface area contributed by atoms with Crippen LogP contribution in [0.2, 0.25) is 0 Å². The van der Waals surface area contributed by atoms with Crippen LogP contribution in [0.3, 0.4) is 0 Å². The fourth-order valence-corrected chi connectivity index (χ4v) is 1.75. The van der Waals surface area contributed by atoms with Crippen molar-refractivity contribution in [3.05, 3.63) is 34.4 Å². The number of aryl methyl sites for hydroxylation is 1. The summed E-state index contributed by atoms with van der Waals surface area (Å²) in [6.07, 6.45) is 0. The van der Waals surface area contributed by atoms with E-state index < -0.39 is 0 Å². The number of halogens is 1. The average Bonchev–Trinajstić information content (AvgIpc) is 2.12. The van der Waals surface area contributed by atoms with Crippen molar-refractivity contribution in [3.63, 3.8) is 0 Å². The number of hydrogen-bond donors (Lipinski definition) is 1. The molecule has 0 aliphatic rings. The predicted octanol–water partition coefficient (Wildman–Crippen LogP) is 2.89. The second-order valence-electron chi connectivity index (χ2n) is 2.99. The zero-order chi connectivity index (χ0) is 9.42. The van der Waals surface area contributed by atoms with Crippen molar-refractivity contribution in [1.29, 1.82) is 0 Å². The van der Waals surface area contributed by atoms with E-state index in [1.807, 2.05) is 31.2 Å². The molecule has 0 radical (unpaired) electrons. The molecule has 1 heterocycles. The Labute approximate surface area is 84.9 Å². The third kappa shape index (κ3) is 1.40. The number of pyridine rings is 1. The minimum absolute atomic E-state index is 0.748. The van der Waals surface area contributed by atoms with Gasteiger partial charge in [-0.25, -0.2) is 0 Å². The van der Waals surface area contributed by atoms with Gasteiger partial charge < -0.3 is 5.73 Å². The maximum atomic E-state index is 5.75. The Morgan fingerprint density at radius 3 is 2.77 bits per heavy atom. The van der Waals surface area contributed by atoms with Crippen molar-refractivity contribution >= 4 is 32.5 Å². The molecule has 13 heavy (non-hydrogen) atoms. The third-order valence-electron chi connectivity index (χ3n) is 1.97. The number of rotatable bonds is 0. The summed E-state index contributed by atoms with van der Waals surface area (Å²) in [4.78, 5) is 4.39. The molecular formula is C10H9BrN2. The van der Waals surface area contributed by atoms with Gasteiger partial charge in [-0.15, -0.1) is 0 Å². The Hall–Kier alpha value is -1.09. The van der Waals surface area contributed by atoms with E-state index in [1.165, 1.54) is 0 Å². The maximum absolute atomic E-state index is 5.75. The van der Waals surface area contributed by atoms with Gasteiger partial charge in [-0.3, -0.25) is 4.98 Å². The molecule has 0 aliphatic heterocycles. The summed E-state index contributed by atoms with van der Waals surface area (Å²) in [7, 11) is 0. The molecule has 1 aromatic heterocycles. The van der Waals surface area contributed by atoms with Crippen LogP contribution in [0.4, 0.5) is 5.69 Å². The van der Waals surface area contributed by atoms with Gasteiger partial charge in [0.1, 0.15) is 0 Å². The number of nitrogens with zero attached hydrogens (tertiary/aromatic N) is 1. The quantitative estimate of drug-likeness (QED) is 0.715. The second kappa shape index (κ2) is 3.00. The van der Waals surface area contributed by atoms with Crippen molar-refractivity contribution in [1.82, 2.24) is 4.98 Å². The Morgan fingerprint density at radius 1 is 1.23 bits per heavy atom. The lowest BCUT2D eigenvalue weighted by atomic mass is 10.2. The van der Waals surface area contributed by atoms with Gasteiger partial charge in [0.05, 0.1) is 5.52 Å². The third-order valence-corrected chi connectivity index (χ3v) is 2.86. The Kier molecular flexibility index (Phi) is 1.96. The molecule has 3 heteroatoms. The van der Waals surface area contributed by atoms with E-state index in [0.717, 1.165) is 26.8 Å². The topological polar surface area (TPSA) is 38.9 Å². The average molecular weight is 237 g/mol. The van der Waals surface area contributed by atoms with Gasteiger partial charge in [0.15, 0.2) is 0 Å². The summed E-state index contributed by atoms with van der Waals surface area (Å²) in [6.45, 7) is 1.98. The fraction of sp³-hybridized carbons (Fsp3) is 0.100. The van der Waals surface area contributed by atoms with Gasteiger partial charge >= 0.3 is 0 Å². The molecule has 0 bridgehead atoms. The minimum atomic E-state index is 0.748. The SMILES string of the molecule is Cc1ccc2c(Br)c(N)ccc2n1. The second-order valence-corrected chi connectivity index (χ2v) is 3.78. The number of nitrogens with two attached hydrogens (primary N) is 1. The smallest absolute Gasteiger partial charge is 0.0718 e. The Morgan fingerprint density at radius 2 is 2.00 bits per heavy atom. The van der Waals surface area contributed by atoms with Crippen molar-refractivity contribution in [2.45, 2.75) is 6.92 Å². The summed E-state index contributed by atoms with van der Waals surface area (Å²) in [5.74, 6) is 0. The lowest BCUT2D eigenvalue weighted by Crippen LogP contribution is -1.89. The lowest BCUT2D eigenvalue weighted by Gasteiger charge is -2.03. The van der Waals surface area contributed by atoms with Crippen LogP contribution in [0, 0.1) is 6.92 Å². The number of fused-ring (bicyclic) bond motifs is 1. The molecule has 0 fully saturated rings. The van der Waals surface area contributed by atoms with Crippen LogP contribution < -0.4 is 5.73 Å². The van der Waals surface area contributed by atoms with E-state index in [-0.39, 0.29) is 0 Å². The number of anilines is 1. The molecule has 2 N–H and O–H groups in total. The van der Waals surface area contributed by atoms with Crippen LogP contribution in [-0.2, 0) is 0 Å². The molecule has 0 unspecified atom stereocenters. The van der Waals surface area contributed by atoms with Gasteiger partial charge in [-0.1, -0.05) is 0 Å². The first-order valence-corrected chi connectivity index (χ1v) is 4.79. The van der Waals surface area contributed by atoms with Gasteiger partial charge in [0, 0.05) is 21.2 Å². The van der Waals surface area contributed by atoms with Crippen LogP contribution in [0.15, 0.2) is 28.7 Å². The van der Waals surface area contributed by atoms with Crippen molar-refractivity contribution in [3.8, 4) is 0 Å². The standard InChI is InChI=1S/C10H9BrN2/c1-6-2-3-7-9(13-6)5-4-8(12)10(7)11/h2-5H,12H2,1H3. The molecule has 0 aliphatic carbocycles. The van der Waals surface area contributed by atoms with E-state index in [9.17, 15) is 0 Å². The normalized spacial score (nSPS) is 10.6. The number of aromatic nitrogens is 1. The monoisotopic (exact) mass is 236 g/mol. The molecule has 0 amide bonds. The summed E-state index contributed by atoms with van der Waals surface area (Å²) in [6, 6.07) is 7.80. The summed E-state index contributed by atoms with van der Waals surface area (Å²) in [5.41, 5.74) is 8.49. The summed E-state index contributed by atoms with van der Waals surface area (Å²) >= 11 is 3.44. The largest absolute Gasteiger partial charge is 0.398 e. The van der Waals surface area contributed by atoms with E-state index in [1.54, 1.807) is 0 Å². The van der Waals surface area contributed by atoms with Crippen molar-refractivity contribution in [2.24, 2.45) is 0 Å². The van der Waals surface area contributed by atoms with Gasteiger partial charge in [0.2, 0.25) is 0 Å². The van der Waals surface area contributed by atoms with E-state index in [4.69, 9.17) is 5.73 Å². The van der Waals surface area contributed by atoms with Crippen LogP contribution in [0.5, 0.6) is 0 Å². The molecule has 0 atom stereocenters. The molecule has 1 aromatic carbocycles. The number of nitrogen functional groups attached to an aromatic ring is 1. The first kappa shape index (κ1) is 8.51. The lowest BCUT2D eigenvalue weighted by molar-refractivity contribution is 1.25. The summed E-state index contributed by atoms with van der Waals surface area (Å²) in [5, 5.41) is 1.06. The molecule has 0 saturated carbocycles. The molecule has 0 spiro atoms. The zero-order valence-electron chi connectivity index (χ0n) is 7.21.